The number of unbranched alkanes of at least 4 members (excludes halogenated alkanes) is 1. The van der Waals surface area contributed by atoms with Gasteiger partial charge in [0, 0.05) is 17.3 Å². The normalized spacial score (nSPS) is 12.4. The molecule has 226 valence electrons. The Hall–Kier alpha value is -4.79. The Balaban J connectivity index is 1.70. The molecule has 0 fully saturated rings. The third kappa shape index (κ3) is 7.54. The maximum Gasteiger partial charge on any atom is 0.323 e. The summed E-state index contributed by atoms with van der Waals surface area (Å²) < 4.78 is 12.9. The van der Waals surface area contributed by atoms with Crippen molar-refractivity contribution in [2.45, 2.75) is 58.2 Å². The average molecular weight is 586 g/mol. The van der Waals surface area contributed by atoms with Crippen LogP contribution in [0, 0.1) is 6.92 Å². The second-order valence-corrected chi connectivity index (χ2v) is 10.6. The first kappa shape index (κ1) is 31.2. The van der Waals surface area contributed by atoms with Gasteiger partial charge in [-0.2, -0.15) is 0 Å². The smallest absolute Gasteiger partial charge is 0.323 e. The van der Waals surface area contributed by atoms with E-state index in [4.69, 9.17) is 9.47 Å². The highest BCUT2D eigenvalue weighted by Gasteiger charge is 2.29. The van der Waals surface area contributed by atoms with Gasteiger partial charge in [-0.05, 0) is 48.7 Å². The van der Waals surface area contributed by atoms with Crippen molar-refractivity contribution in [2.75, 3.05) is 14.2 Å². The lowest BCUT2D eigenvalue weighted by Gasteiger charge is -2.27. The first-order valence-electron chi connectivity index (χ1n) is 14.4. The van der Waals surface area contributed by atoms with Crippen LogP contribution < -0.4 is 20.1 Å². The molecule has 4 aromatic rings. The molecule has 1 aromatic heterocycles. The Bertz CT molecular complexity index is 1550. The van der Waals surface area contributed by atoms with Gasteiger partial charge in [-0.3, -0.25) is 14.4 Å². The number of carbonyl (C=O) groups is 3. The van der Waals surface area contributed by atoms with Crippen LogP contribution in [0.4, 0.5) is 0 Å². The predicted octanol–water partition coefficient (Wildman–Crippen LogP) is 5.44. The second-order valence-electron chi connectivity index (χ2n) is 10.6. The van der Waals surface area contributed by atoms with Gasteiger partial charge >= 0.3 is 5.97 Å². The van der Waals surface area contributed by atoms with Crippen LogP contribution >= 0.6 is 0 Å². The zero-order valence-corrected chi connectivity index (χ0v) is 25.1. The van der Waals surface area contributed by atoms with Crippen LogP contribution in [0.5, 0.6) is 11.5 Å². The van der Waals surface area contributed by atoms with Crippen LogP contribution in [0.2, 0.25) is 0 Å². The Morgan fingerprint density at radius 3 is 2.19 bits per heavy atom. The zero-order chi connectivity index (χ0) is 30.9. The van der Waals surface area contributed by atoms with Crippen LogP contribution in [0.25, 0.3) is 10.9 Å². The summed E-state index contributed by atoms with van der Waals surface area (Å²) in [4.78, 5) is 39.5. The van der Waals surface area contributed by atoms with E-state index in [0.29, 0.717) is 23.4 Å². The Morgan fingerprint density at radius 2 is 1.56 bits per heavy atom. The van der Waals surface area contributed by atoms with Gasteiger partial charge < -0.3 is 29.8 Å². The van der Waals surface area contributed by atoms with Crippen molar-refractivity contribution in [3.8, 4) is 11.5 Å². The molecule has 3 aromatic carbocycles. The van der Waals surface area contributed by atoms with Crippen molar-refractivity contribution in [3.63, 3.8) is 0 Å². The third-order valence-electron chi connectivity index (χ3n) is 7.44. The summed E-state index contributed by atoms with van der Waals surface area (Å²) in [5.74, 6) is -0.762. The summed E-state index contributed by atoms with van der Waals surface area (Å²) in [6.45, 7) is 3.64. The molecule has 2 atom stereocenters. The fraction of sp³-hybridized carbons (Fsp3) is 0.324. The van der Waals surface area contributed by atoms with Crippen molar-refractivity contribution in [1.82, 2.24) is 15.2 Å². The molecular formula is C34H39N3O6. The number of methoxy groups -OCH3 is 2. The number of amides is 2. The van der Waals surface area contributed by atoms with Crippen molar-refractivity contribution in [2.24, 2.45) is 0 Å². The van der Waals surface area contributed by atoms with Crippen LogP contribution in [-0.2, 0) is 22.6 Å². The number of ether oxygens (including phenoxy) is 2. The van der Waals surface area contributed by atoms with E-state index in [1.165, 1.54) is 4.57 Å². The minimum Gasteiger partial charge on any atom is -0.496 e. The minimum absolute atomic E-state index is 0.166. The number of hydrogen-bond acceptors (Lipinski definition) is 5. The highest BCUT2D eigenvalue weighted by molar-refractivity contribution is 6.01. The van der Waals surface area contributed by atoms with Crippen LogP contribution in [0.3, 0.4) is 0 Å². The lowest BCUT2D eigenvalue weighted by atomic mass is 9.96. The van der Waals surface area contributed by atoms with Gasteiger partial charge in [0.25, 0.3) is 5.91 Å². The number of aromatic nitrogens is 1. The summed E-state index contributed by atoms with van der Waals surface area (Å²) in [7, 11) is 3.18. The lowest BCUT2D eigenvalue weighted by Crippen LogP contribution is -2.49. The van der Waals surface area contributed by atoms with Crippen molar-refractivity contribution in [3.05, 3.63) is 95.2 Å². The molecule has 2 unspecified atom stereocenters. The topological polar surface area (TPSA) is 119 Å². The van der Waals surface area contributed by atoms with E-state index in [9.17, 15) is 19.5 Å². The zero-order valence-electron chi connectivity index (χ0n) is 25.1. The summed E-state index contributed by atoms with van der Waals surface area (Å²) in [5, 5.41) is 16.4. The standard InChI is InChI=1S/C34H39N3O6/c1-5-6-15-25(32-29(42-3)17-22(2)18-30(32)43-4)35-33(40)26(19-23-12-8-7-9-13-23)36-34(41)28-20-24-14-10-11-16-27(24)37(28)21-31(38)39/h7-14,16-18,20,25-26H,5-6,15,19,21H2,1-4H3,(H,35,40)(H,36,41)(H,38,39). The molecule has 0 aliphatic rings. The number of benzene rings is 3. The summed E-state index contributed by atoms with van der Waals surface area (Å²) in [6.07, 6.45) is 2.63. The molecule has 9 heteroatoms. The molecule has 43 heavy (non-hydrogen) atoms. The van der Waals surface area contributed by atoms with Crippen molar-refractivity contribution < 1.29 is 29.0 Å². The van der Waals surface area contributed by atoms with E-state index in [1.54, 1.807) is 32.4 Å². The summed E-state index contributed by atoms with van der Waals surface area (Å²) >= 11 is 0. The molecule has 2 amide bonds. The quantitative estimate of drug-likeness (QED) is 0.181. The number of fused-ring (bicyclic) bond motifs is 1. The monoisotopic (exact) mass is 585 g/mol. The fourth-order valence-corrected chi connectivity index (χ4v) is 5.38. The Kier molecular flexibility index (Phi) is 10.4. The molecule has 0 bridgehead atoms. The van der Waals surface area contributed by atoms with Crippen molar-refractivity contribution in [1.29, 1.82) is 0 Å². The second kappa shape index (κ2) is 14.4. The van der Waals surface area contributed by atoms with Crippen LogP contribution in [-0.4, -0.2) is 47.7 Å². The van der Waals surface area contributed by atoms with Crippen LogP contribution in [0.1, 0.15) is 59.4 Å². The van der Waals surface area contributed by atoms with E-state index in [0.717, 1.165) is 34.9 Å². The SMILES string of the molecule is CCCCC(NC(=O)C(Cc1ccccc1)NC(=O)c1cc2ccccc2n1CC(=O)O)c1c(OC)cc(C)cc1OC. The minimum atomic E-state index is -1.08. The van der Waals surface area contributed by atoms with Gasteiger partial charge in [0.2, 0.25) is 5.91 Å². The number of aryl methyl sites for hydroxylation is 1. The van der Waals surface area contributed by atoms with Gasteiger partial charge in [0.05, 0.1) is 25.8 Å². The molecule has 0 radical (unpaired) electrons. The highest BCUT2D eigenvalue weighted by Crippen LogP contribution is 2.38. The van der Waals surface area contributed by atoms with E-state index >= 15 is 0 Å². The van der Waals surface area contributed by atoms with Gasteiger partial charge in [-0.25, -0.2) is 0 Å². The average Bonchev–Trinajstić information content (AvgIpc) is 3.36. The molecule has 4 rings (SSSR count). The van der Waals surface area contributed by atoms with Crippen molar-refractivity contribution >= 4 is 28.7 Å². The maximum atomic E-state index is 14.1. The summed E-state index contributed by atoms with van der Waals surface area (Å²) in [5.41, 5.74) is 3.36. The number of nitrogens with one attached hydrogen (secondary N) is 2. The maximum absolute atomic E-state index is 14.1. The van der Waals surface area contributed by atoms with Gasteiger partial charge in [-0.1, -0.05) is 68.3 Å². The van der Waals surface area contributed by atoms with E-state index in [1.807, 2.05) is 61.5 Å². The van der Waals surface area contributed by atoms with E-state index < -0.39 is 30.5 Å². The molecule has 0 aliphatic carbocycles. The number of rotatable bonds is 14. The predicted molar refractivity (Wildman–Crippen MR) is 166 cm³/mol. The Morgan fingerprint density at radius 1 is 0.907 bits per heavy atom. The number of carboxylic acids is 1. The molecule has 9 nitrogen and oxygen atoms in total. The fourth-order valence-electron chi connectivity index (χ4n) is 5.38. The first-order chi connectivity index (χ1) is 20.7. The molecule has 0 spiro atoms. The lowest BCUT2D eigenvalue weighted by molar-refractivity contribution is -0.137. The Labute approximate surface area is 251 Å². The molecule has 3 N–H and O–H groups in total. The van der Waals surface area contributed by atoms with Crippen LogP contribution in [0.15, 0.2) is 72.8 Å². The molecular weight excluding hydrogens is 546 g/mol. The number of para-hydroxylation sites is 1. The van der Waals surface area contributed by atoms with Gasteiger partial charge in [-0.15, -0.1) is 0 Å². The number of carboxylic acid groups (broad SMARTS) is 1. The van der Waals surface area contributed by atoms with E-state index in [-0.39, 0.29) is 18.0 Å². The number of carbonyl (C=O) groups excluding carboxylic acids is 2. The number of hydrogen-bond donors (Lipinski definition) is 3. The molecule has 0 aliphatic heterocycles. The first-order valence-corrected chi connectivity index (χ1v) is 14.4. The van der Waals surface area contributed by atoms with E-state index in [2.05, 4.69) is 17.6 Å². The number of aliphatic carboxylic acids is 1. The third-order valence-corrected chi connectivity index (χ3v) is 7.44. The summed E-state index contributed by atoms with van der Waals surface area (Å²) in [6, 6.07) is 20.7. The highest BCUT2D eigenvalue weighted by atomic mass is 16.5. The van der Waals surface area contributed by atoms with Gasteiger partial charge in [0.1, 0.15) is 29.8 Å². The number of nitrogens with zero attached hydrogens (tertiary/aromatic N) is 1. The molecule has 1 heterocycles. The molecule has 0 saturated heterocycles. The molecule has 0 saturated carbocycles. The largest absolute Gasteiger partial charge is 0.496 e. The van der Waals surface area contributed by atoms with Gasteiger partial charge in [0.15, 0.2) is 0 Å².